The van der Waals surface area contributed by atoms with Crippen LogP contribution in [0.25, 0.3) is 22.7 Å². The van der Waals surface area contributed by atoms with Gasteiger partial charge < -0.3 is 19.4 Å². The lowest BCUT2D eigenvalue weighted by Gasteiger charge is -2.27. The summed E-state index contributed by atoms with van der Waals surface area (Å²) < 4.78 is 34.4. The van der Waals surface area contributed by atoms with Gasteiger partial charge in [-0.15, -0.1) is 0 Å². The topological polar surface area (TPSA) is 67.5 Å². The van der Waals surface area contributed by atoms with E-state index < -0.39 is 6.61 Å². The van der Waals surface area contributed by atoms with E-state index in [0.29, 0.717) is 43.3 Å². The number of aromatic nitrogens is 2. The molecule has 8 heteroatoms. The third kappa shape index (κ3) is 4.43. The second kappa shape index (κ2) is 8.40. The van der Waals surface area contributed by atoms with Crippen LogP contribution in [0.1, 0.15) is 11.4 Å². The molecule has 0 atom stereocenters. The summed E-state index contributed by atoms with van der Waals surface area (Å²) in [4.78, 5) is 22.7. The number of H-pyrrole nitrogens is 1. The molecule has 1 aromatic heterocycles. The molecule has 1 aliphatic rings. The van der Waals surface area contributed by atoms with E-state index in [1.54, 1.807) is 23.1 Å². The third-order valence-electron chi connectivity index (χ3n) is 4.59. The lowest BCUT2D eigenvalue weighted by atomic mass is 10.1. The molecule has 1 aliphatic heterocycles. The van der Waals surface area contributed by atoms with Crippen molar-refractivity contribution in [2.45, 2.75) is 6.61 Å². The van der Waals surface area contributed by atoms with Gasteiger partial charge in [-0.25, -0.2) is 4.98 Å². The zero-order chi connectivity index (χ0) is 20.2. The summed E-state index contributed by atoms with van der Waals surface area (Å²) in [5.74, 6) is 0.345. The number of hydrogen-bond acceptors (Lipinski definition) is 4. The van der Waals surface area contributed by atoms with Crippen molar-refractivity contribution < 1.29 is 23.0 Å². The number of rotatable bonds is 5. The molecule has 0 radical (unpaired) electrons. The van der Waals surface area contributed by atoms with Crippen molar-refractivity contribution in [2.75, 3.05) is 26.3 Å². The van der Waals surface area contributed by atoms with Gasteiger partial charge in [0, 0.05) is 13.1 Å². The molecule has 4 rings (SSSR count). The molecule has 1 saturated heterocycles. The van der Waals surface area contributed by atoms with Gasteiger partial charge in [-0.05, 0) is 35.9 Å². The Morgan fingerprint density at radius 2 is 1.86 bits per heavy atom. The van der Waals surface area contributed by atoms with E-state index >= 15 is 0 Å². The van der Waals surface area contributed by atoms with E-state index in [1.165, 1.54) is 12.1 Å². The molecule has 0 spiro atoms. The number of nitrogens with zero attached hydrogens (tertiary/aromatic N) is 2. The van der Waals surface area contributed by atoms with Crippen LogP contribution in [0.5, 0.6) is 5.75 Å². The Morgan fingerprint density at radius 3 is 2.55 bits per heavy atom. The Morgan fingerprint density at radius 1 is 1.14 bits per heavy atom. The summed E-state index contributed by atoms with van der Waals surface area (Å²) in [7, 11) is 0. The number of ether oxygens (including phenoxy) is 2. The minimum absolute atomic E-state index is 0.0574. The van der Waals surface area contributed by atoms with Gasteiger partial charge >= 0.3 is 6.61 Å². The number of benzene rings is 2. The molecule has 29 heavy (non-hydrogen) atoms. The fourth-order valence-electron chi connectivity index (χ4n) is 3.16. The van der Waals surface area contributed by atoms with Crippen LogP contribution in [-0.4, -0.2) is 53.7 Å². The first-order valence-electron chi connectivity index (χ1n) is 9.19. The standard InChI is InChI=1S/C21H19F2N3O3/c22-21(23)29-15-7-5-14(6-8-15)13-16(20(27)26-9-11-28-12-10-26)19-24-17-3-1-2-4-18(17)25-19/h1-8,13,21H,9-12H2,(H,24,25). The molecule has 6 nitrogen and oxygen atoms in total. The molecule has 3 aromatic rings. The van der Waals surface area contributed by atoms with Gasteiger partial charge in [0.05, 0.1) is 29.8 Å². The maximum atomic E-state index is 13.2. The molecule has 1 N–H and O–H groups in total. The summed E-state index contributed by atoms with van der Waals surface area (Å²) in [5.41, 5.74) is 2.64. The first-order valence-corrected chi connectivity index (χ1v) is 9.19. The number of para-hydroxylation sites is 2. The van der Waals surface area contributed by atoms with Crippen molar-refractivity contribution >= 4 is 28.6 Å². The van der Waals surface area contributed by atoms with E-state index in [0.717, 1.165) is 11.0 Å². The van der Waals surface area contributed by atoms with Gasteiger partial charge in [0.25, 0.3) is 5.91 Å². The first-order chi connectivity index (χ1) is 14.1. The molecular weight excluding hydrogens is 380 g/mol. The molecule has 1 amide bonds. The molecule has 2 heterocycles. The van der Waals surface area contributed by atoms with Crippen molar-refractivity contribution in [3.63, 3.8) is 0 Å². The normalized spacial score (nSPS) is 15.1. The van der Waals surface area contributed by atoms with Crippen LogP contribution in [0.15, 0.2) is 48.5 Å². The van der Waals surface area contributed by atoms with Crippen molar-refractivity contribution in [3.8, 4) is 5.75 Å². The number of amides is 1. The number of fused-ring (bicyclic) bond motifs is 1. The van der Waals surface area contributed by atoms with Crippen LogP contribution in [-0.2, 0) is 9.53 Å². The maximum absolute atomic E-state index is 13.2. The van der Waals surface area contributed by atoms with Crippen molar-refractivity contribution in [2.24, 2.45) is 0 Å². The summed E-state index contributed by atoms with van der Waals surface area (Å²) >= 11 is 0. The number of alkyl halides is 2. The fourth-order valence-corrected chi connectivity index (χ4v) is 3.16. The molecule has 1 fully saturated rings. The molecule has 2 aromatic carbocycles. The van der Waals surface area contributed by atoms with Crippen LogP contribution < -0.4 is 4.74 Å². The van der Waals surface area contributed by atoms with Crippen molar-refractivity contribution in [1.29, 1.82) is 0 Å². The molecule has 0 aliphatic carbocycles. The average molecular weight is 399 g/mol. The number of hydrogen-bond donors (Lipinski definition) is 1. The molecular formula is C21H19F2N3O3. The minimum atomic E-state index is -2.88. The Balaban J connectivity index is 1.70. The minimum Gasteiger partial charge on any atom is -0.435 e. The Bertz CT molecular complexity index is 992. The summed E-state index contributed by atoms with van der Waals surface area (Å²) in [6.45, 7) is -0.919. The fraction of sp³-hybridized carbons (Fsp3) is 0.238. The molecule has 0 bridgehead atoms. The first kappa shape index (κ1) is 19.1. The van der Waals surface area contributed by atoms with Crippen LogP contribution in [0.3, 0.4) is 0 Å². The largest absolute Gasteiger partial charge is 0.435 e. The van der Waals surface area contributed by atoms with Gasteiger partial charge in [-0.2, -0.15) is 8.78 Å². The van der Waals surface area contributed by atoms with Gasteiger partial charge in [0.1, 0.15) is 11.6 Å². The highest BCUT2D eigenvalue weighted by molar-refractivity contribution is 6.23. The number of morpholine rings is 1. The van der Waals surface area contributed by atoms with Crippen molar-refractivity contribution in [1.82, 2.24) is 14.9 Å². The van der Waals surface area contributed by atoms with Crippen LogP contribution in [0, 0.1) is 0 Å². The second-order valence-corrected chi connectivity index (χ2v) is 6.51. The molecule has 150 valence electrons. The Labute approximate surface area is 165 Å². The van der Waals surface area contributed by atoms with E-state index in [9.17, 15) is 13.6 Å². The number of aromatic amines is 1. The van der Waals surface area contributed by atoms with Crippen LogP contribution in [0.2, 0.25) is 0 Å². The monoisotopic (exact) mass is 399 g/mol. The second-order valence-electron chi connectivity index (χ2n) is 6.51. The van der Waals surface area contributed by atoms with E-state index in [1.807, 2.05) is 24.3 Å². The highest BCUT2D eigenvalue weighted by Gasteiger charge is 2.24. The average Bonchev–Trinajstić information content (AvgIpc) is 3.17. The number of halogens is 2. The Hall–Kier alpha value is -3.26. The molecule has 0 saturated carbocycles. The van der Waals surface area contributed by atoms with Gasteiger partial charge in [0.15, 0.2) is 0 Å². The summed E-state index contributed by atoms with van der Waals surface area (Å²) in [6, 6.07) is 13.6. The van der Waals surface area contributed by atoms with Gasteiger partial charge in [-0.1, -0.05) is 24.3 Å². The van der Waals surface area contributed by atoms with Crippen LogP contribution in [0.4, 0.5) is 8.78 Å². The highest BCUT2D eigenvalue weighted by atomic mass is 19.3. The lowest BCUT2D eigenvalue weighted by molar-refractivity contribution is -0.128. The smallest absolute Gasteiger partial charge is 0.387 e. The number of imidazole rings is 1. The maximum Gasteiger partial charge on any atom is 0.387 e. The predicted octanol–water partition coefficient (Wildman–Crippen LogP) is 3.56. The SMILES string of the molecule is O=C(C(=Cc1ccc(OC(F)F)cc1)c1nc2ccccc2[nH]1)N1CCOCC1. The van der Waals surface area contributed by atoms with Gasteiger partial charge in [-0.3, -0.25) is 4.79 Å². The third-order valence-corrected chi connectivity index (χ3v) is 4.59. The number of carbonyl (C=O) groups excluding carboxylic acids is 1. The predicted molar refractivity (Wildman–Crippen MR) is 104 cm³/mol. The Kier molecular flexibility index (Phi) is 5.53. The molecule has 0 unspecified atom stereocenters. The lowest BCUT2D eigenvalue weighted by Crippen LogP contribution is -2.41. The summed E-state index contributed by atoms with van der Waals surface area (Å²) in [5, 5.41) is 0. The number of nitrogens with one attached hydrogen (secondary N) is 1. The van der Waals surface area contributed by atoms with E-state index in [-0.39, 0.29) is 11.7 Å². The highest BCUT2D eigenvalue weighted by Crippen LogP contribution is 2.24. The summed E-state index contributed by atoms with van der Waals surface area (Å²) in [6.07, 6.45) is 1.70. The van der Waals surface area contributed by atoms with Gasteiger partial charge in [0.2, 0.25) is 0 Å². The van der Waals surface area contributed by atoms with Crippen molar-refractivity contribution in [3.05, 3.63) is 59.9 Å². The zero-order valence-corrected chi connectivity index (χ0v) is 15.5. The van der Waals surface area contributed by atoms with E-state index in [2.05, 4.69) is 14.7 Å². The number of carbonyl (C=O) groups is 1. The van der Waals surface area contributed by atoms with E-state index in [4.69, 9.17) is 4.74 Å². The van der Waals surface area contributed by atoms with Crippen LogP contribution >= 0.6 is 0 Å². The zero-order valence-electron chi connectivity index (χ0n) is 15.5. The quantitative estimate of drug-likeness (QED) is 0.666.